The lowest BCUT2D eigenvalue weighted by Crippen LogP contribution is -2.40. The van der Waals surface area contributed by atoms with Crippen molar-refractivity contribution in [3.05, 3.63) is 52.4 Å². The topological polar surface area (TPSA) is 110 Å². The molecule has 1 aliphatic rings. The van der Waals surface area contributed by atoms with E-state index in [0.717, 1.165) is 32.1 Å². The lowest BCUT2D eigenvalue weighted by molar-refractivity contribution is -0.135. The minimum absolute atomic E-state index is 0.0467. The number of benzene rings is 1. The number of nitrogens with zero attached hydrogens (tertiary/aromatic N) is 4. The average molecular weight is 415 g/mol. The van der Waals surface area contributed by atoms with Crippen molar-refractivity contribution in [3.63, 3.8) is 0 Å². The number of azide groups is 1. The summed E-state index contributed by atoms with van der Waals surface area (Å²) in [6.45, 7) is 0. The van der Waals surface area contributed by atoms with Gasteiger partial charge in [0.15, 0.2) is 0 Å². The quantitative estimate of drug-likeness (QED) is 0.191. The van der Waals surface area contributed by atoms with Crippen LogP contribution in [0.5, 0.6) is 0 Å². The van der Waals surface area contributed by atoms with Gasteiger partial charge in [-0.3, -0.25) is 4.79 Å². The van der Waals surface area contributed by atoms with Gasteiger partial charge in [0, 0.05) is 24.7 Å². The maximum atomic E-state index is 12.0. The summed E-state index contributed by atoms with van der Waals surface area (Å²) in [5, 5.41) is 24.6. The molecule has 2 rings (SSSR count). The highest BCUT2D eigenvalue weighted by atomic mass is 16.3. The fraction of sp³-hybridized carbons (Fsp3) is 0.609. The first kappa shape index (κ1) is 23.9. The van der Waals surface area contributed by atoms with Crippen LogP contribution in [0.25, 0.3) is 10.4 Å². The zero-order valence-electron chi connectivity index (χ0n) is 18.1. The van der Waals surface area contributed by atoms with Crippen molar-refractivity contribution in [3.8, 4) is 0 Å². The van der Waals surface area contributed by atoms with Gasteiger partial charge in [0.25, 0.3) is 0 Å². The third kappa shape index (κ3) is 8.19. The molecule has 1 aliphatic carbocycles. The molecule has 2 N–H and O–H groups in total. The summed E-state index contributed by atoms with van der Waals surface area (Å²) in [4.78, 5) is 16.3. The molecular weight excluding hydrogens is 380 g/mol. The molecule has 0 heterocycles. The van der Waals surface area contributed by atoms with Gasteiger partial charge in [-0.1, -0.05) is 48.0 Å². The number of rotatable bonds is 10. The predicted octanol–water partition coefficient (Wildman–Crippen LogP) is 4.66. The van der Waals surface area contributed by atoms with Crippen LogP contribution in [0.1, 0.15) is 56.9 Å². The van der Waals surface area contributed by atoms with E-state index < -0.39 is 11.7 Å². The van der Waals surface area contributed by atoms with Crippen LogP contribution in [0.2, 0.25) is 0 Å². The van der Waals surface area contributed by atoms with Crippen LogP contribution in [-0.4, -0.2) is 46.8 Å². The number of unbranched alkanes of at least 4 members (excludes halogenated alkanes) is 1. The predicted molar refractivity (Wildman–Crippen MR) is 118 cm³/mol. The SMILES string of the molecule is CN(C)C(=O)C[C@@]1(O)CCC[C@@H](/C=C/C(O)CCCCc2ccc(N=[N+]=[N-])cc2)C1. The smallest absolute Gasteiger partial charge is 0.224 e. The highest BCUT2D eigenvalue weighted by Crippen LogP contribution is 2.36. The number of amides is 1. The van der Waals surface area contributed by atoms with Crippen molar-refractivity contribution in [1.82, 2.24) is 4.90 Å². The minimum Gasteiger partial charge on any atom is -0.389 e. The summed E-state index contributed by atoms with van der Waals surface area (Å²) in [7, 11) is 3.42. The Kier molecular flexibility index (Phi) is 9.37. The van der Waals surface area contributed by atoms with Crippen molar-refractivity contribution >= 4 is 11.6 Å². The van der Waals surface area contributed by atoms with Gasteiger partial charge in [0.05, 0.1) is 18.1 Å². The molecule has 0 bridgehead atoms. The van der Waals surface area contributed by atoms with E-state index in [1.165, 1.54) is 10.5 Å². The van der Waals surface area contributed by atoms with Gasteiger partial charge in [-0.25, -0.2) is 0 Å². The van der Waals surface area contributed by atoms with Gasteiger partial charge in [-0.05, 0) is 62.0 Å². The summed E-state index contributed by atoms with van der Waals surface area (Å²) < 4.78 is 0. The Labute approximate surface area is 179 Å². The van der Waals surface area contributed by atoms with Crippen molar-refractivity contribution in [2.24, 2.45) is 11.0 Å². The van der Waals surface area contributed by atoms with Crippen molar-refractivity contribution in [2.45, 2.75) is 69.5 Å². The molecule has 1 aromatic carbocycles. The standard InChI is InChI=1S/C23H34N4O3/c1-27(2)22(29)17-23(30)15-5-7-19(16-23)11-14-21(28)8-4-3-6-18-9-12-20(13-10-18)25-26-24/h9-14,19,21,28,30H,3-8,15-17H2,1-2H3/b14-11+/t19-,21?,23+/m0/s1. The molecule has 1 amide bonds. The molecule has 3 atom stereocenters. The summed E-state index contributed by atoms with van der Waals surface area (Å²) >= 11 is 0. The van der Waals surface area contributed by atoms with Crippen LogP contribution in [0, 0.1) is 5.92 Å². The van der Waals surface area contributed by atoms with E-state index in [1.807, 2.05) is 36.4 Å². The molecular formula is C23H34N4O3. The average Bonchev–Trinajstić information content (AvgIpc) is 2.71. The van der Waals surface area contributed by atoms with E-state index >= 15 is 0 Å². The first-order chi connectivity index (χ1) is 14.3. The third-order valence-electron chi connectivity index (χ3n) is 5.76. The lowest BCUT2D eigenvalue weighted by atomic mass is 9.76. The third-order valence-corrected chi connectivity index (χ3v) is 5.76. The Morgan fingerprint density at radius 3 is 2.77 bits per heavy atom. The number of hydrogen-bond donors (Lipinski definition) is 2. The normalized spacial score (nSPS) is 22.5. The molecule has 0 radical (unpaired) electrons. The Balaban J connectivity index is 1.71. The zero-order valence-corrected chi connectivity index (χ0v) is 18.1. The number of aliphatic hydroxyl groups is 2. The first-order valence-electron chi connectivity index (χ1n) is 10.7. The van der Waals surface area contributed by atoms with Gasteiger partial charge < -0.3 is 15.1 Å². The molecule has 1 unspecified atom stereocenters. The first-order valence-corrected chi connectivity index (χ1v) is 10.7. The fourth-order valence-corrected chi connectivity index (χ4v) is 4.00. The van der Waals surface area contributed by atoms with Gasteiger partial charge in [0.2, 0.25) is 5.91 Å². The van der Waals surface area contributed by atoms with Crippen molar-refractivity contribution in [1.29, 1.82) is 0 Å². The molecule has 0 saturated heterocycles. The van der Waals surface area contributed by atoms with Crippen LogP contribution in [0.4, 0.5) is 5.69 Å². The Hall–Kier alpha value is -2.34. The van der Waals surface area contributed by atoms with E-state index in [1.54, 1.807) is 14.1 Å². The second-order valence-corrected chi connectivity index (χ2v) is 8.60. The van der Waals surface area contributed by atoms with Crippen LogP contribution in [0.15, 0.2) is 41.5 Å². The molecule has 0 aliphatic heterocycles. The Morgan fingerprint density at radius 1 is 1.37 bits per heavy atom. The summed E-state index contributed by atoms with van der Waals surface area (Å²) in [6.07, 6.45) is 10.1. The molecule has 7 nitrogen and oxygen atoms in total. The maximum Gasteiger partial charge on any atom is 0.224 e. The number of carbonyl (C=O) groups excluding carboxylic acids is 1. The molecule has 7 heteroatoms. The maximum absolute atomic E-state index is 12.0. The molecule has 164 valence electrons. The van der Waals surface area contributed by atoms with Crippen molar-refractivity contribution in [2.75, 3.05) is 14.1 Å². The molecule has 1 aromatic rings. The van der Waals surface area contributed by atoms with Crippen LogP contribution < -0.4 is 0 Å². The van der Waals surface area contributed by atoms with Crippen LogP contribution >= 0.6 is 0 Å². The minimum atomic E-state index is -0.937. The second-order valence-electron chi connectivity index (χ2n) is 8.60. The second kappa shape index (κ2) is 11.7. The summed E-state index contributed by atoms with van der Waals surface area (Å²) in [6, 6.07) is 7.55. The number of hydrogen-bond acceptors (Lipinski definition) is 4. The van der Waals surface area contributed by atoms with E-state index in [4.69, 9.17) is 5.53 Å². The van der Waals surface area contributed by atoms with E-state index in [0.29, 0.717) is 24.9 Å². The molecule has 0 spiro atoms. The van der Waals surface area contributed by atoms with Gasteiger partial charge in [-0.15, -0.1) is 0 Å². The summed E-state index contributed by atoms with van der Waals surface area (Å²) in [5.41, 5.74) is 9.29. The monoisotopic (exact) mass is 414 g/mol. The Morgan fingerprint density at radius 2 is 2.10 bits per heavy atom. The van der Waals surface area contributed by atoms with Gasteiger partial charge >= 0.3 is 0 Å². The number of aliphatic hydroxyl groups excluding tert-OH is 1. The van der Waals surface area contributed by atoms with Crippen LogP contribution in [0.3, 0.4) is 0 Å². The Bertz CT molecular complexity index is 756. The molecule has 0 aromatic heterocycles. The number of aryl methyl sites for hydroxylation is 1. The van der Waals surface area contributed by atoms with Gasteiger partial charge in [0.1, 0.15) is 0 Å². The fourth-order valence-electron chi connectivity index (χ4n) is 4.00. The highest BCUT2D eigenvalue weighted by Gasteiger charge is 2.35. The van der Waals surface area contributed by atoms with Crippen molar-refractivity contribution < 1.29 is 15.0 Å². The number of allylic oxidation sites excluding steroid dienone is 1. The van der Waals surface area contributed by atoms with E-state index in [9.17, 15) is 15.0 Å². The molecule has 1 fully saturated rings. The van der Waals surface area contributed by atoms with E-state index in [-0.39, 0.29) is 18.2 Å². The largest absolute Gasteiger partial charge is 0.389 e. The van der Waals surface area contributed by atoms with Crippen LogP contribution in [-0.2, 0) is 11.2 Å². The zero-order chi connectivity index (χ0) is 22.0. The lowest BCUT2D eigenvalue weighted by Gasteiger charge is -2.36. The molecule has 30 heavy (non-hydrogen) atoms. The summed E-state index contributed by atoms with van der Waals surface area (Å²) in [5.74, 6) is 0.151. The highest BCUT2D eigenvalue weighted by molar-refractivity contribution is 5.76. The number of carbonyl (C=O) groups is 1. The van der Waals surface area contributed by atoms with Gasteiger partial charge in [-0.2, -0.15) is 0 Å². The molecule has 1 saturated carbocycles. The van der Waals surface area contributed by atoms with E-state index in [2.05, 4.69) is 10.0 Å².